The number of ether oxygens (including phenoxy) is 3. The fourth-order valence-corrected chi connectivity index (χ4v) is 5.09. The van der Waals surface area contributed by atoms with Gasteiger partial charge in [-0.1, -0.05) is 6.07 Å². The molecule has 1 atom stereocenters. The summed E-state index contributed by atoms with van der Waals surface area (Å²) in [5.74, 6) is -0.377. The molecule has 0 bridgehead atoms. The molecule has 0 N–H and O–H groups in total. The lowest BCUT2D eigenvalue weighted by molar-refractivity contribution is -0.137. The predicted octanol–water partition coefficient (Wildman–Crippen LogP) is 1.04. The van der Waals surface area contributed by atoms with E-state index < -0.39 is 22.4 Å². The largest absolute Gasteiger partial charge is 0.493 e. The lowest BCUT2D eigenvalue weighted by Gasteiger charge is -2.28. The van der Waals surface area contributed by atoms with Crippen LogP contribution in [-0.4, -0.2) is 69.6 Å². The number of esters is 1. The van der Waals surface area contributed by atoms with E-state index in [-0.39, 0.29) is 40.8 Å². The van der Waals surface area contributed by atoms with Gasteiger partial charge in [-0.25, -0.2) is 13.2 Å². The molecule has 1 aliphatic heterocycles. The minimum Gasteiger partial charge on any atom is -0.493 e. The third-order valence-electron chi connectivity index (χ3n) is 4.78. The summed E-state index contributed by atoms with van der Waals surface area (Å²) in [6, 6.07) is 4.51. The van der Waals surface area contributed by atoms with E-state index >= 15 is 0 Å². The maximum atomic E-state index is 12.6. The molecule has 0 unspecified atom stereocenters. The van der Waals surface area contributed by atoms with Gasteiger partial charge in [0, 0.05) is 12.1 Å². The van der Waals surface area contributed by atoms with Crippen LogP contribution in [0.4, 0.5) is 0 Å². The zero-order valence-corrected chi connectivity index (χ0v) is 16.2. The topological polar surface area (TPSA) is 99.2 Å². The SMILES string of the molecule is COc1cccc(C(=O)OCC(=O)N(C2CC2)[C@@H]2CCS(=O)(=O)C2)c1OC. The summed E-state index contributed by atoms with van der Waals surface area (Å²) in [5.41, 5.74) is 0.158. The minimum atomic E-state index is -3.10. The van der Waals surface area contributed by atoms with E-state index in [0.29, 0.717) is 12.2 Å². The summed E-state index contributed by atoms with van der Waals surface area (Å²) >= 11 is 0. The number of rotatable bonds is 7. The number of hydrogen-bond donors (Lipinski definition) is 0. The average molecular weight is 397 g/mol. The maximum Gasteiger partial charge on any atom is 0.342 e. The number of carbonyl (C=O) groups is 2. The Hall–Kier alpha value is -2.29. The Kier molecular flexibility index (Phi) is 5.59. The van der Waals surface area contributed by atoms with Crippen LogP contribution in [0, 0.1) is 0 Å². The Balaban J connectivity index is 1.67. The van der Waals surface area contributed by atoms with Crippen molar-refractivity contribution in [2.75, 3.05) is 32.3 Å². The van der Waals surface area contributed by atoms with Crippen LogP contribution in [0.25, 0.3) is 0 Å². The Bertz CT molecular complexity index is 832. The van der Waals surface area contributed by atoms with Crippen LogP contribution in [0.15, 0.2) is 18.2 Å². The Morgan fingerprint density at radius 2 is 1.85 bits per heavy atom. The van der Waals surface area contributed by atoms with Crippen molar-refractivity contribution in [1.29, 1.82) is 0 Å². The van der Waals surface area contributed by atoms with Gasteiger partial charge in [-0.2, -0.15) is 0 Å². The number of methoxy groups -OCH3 is 2. The zero-order chi connectivity index (χ0) is 19.6. The van der Waals surface area contributed by atoms with Crippen LogP contribution in [0.5, 0.6) is 11.5 Å². The van der Waals surface area contributed by atoms with Gasteiger partial charge in [-0.15, -0.1) is 0 Å². The summed E-state index contributed by atoms with van der Waals surface area (Å²) in [5, 5.41) is 0. The van der Waals surface area contributed by atoms with E-state index in [1.54, 1.807) is 17.0 Å². The smallest absolute Gasteiger partial charge is 0.342 e. The monoisotopic (exact) mass is 397 g/mol. The molecule has 0 spiro atoms. The highest BCUT2D eigenvalue weighted by molar-refractivity contribution is 7.91. The highest BCUT2D eigenvalue weighted by Gasteiger charge is 2.42. The van der Waals surface area contributed by atoms with Gasteiger partial charge in [0.1, 0.15) is 5.56 Å². The fourth-order valence-electron chi connectivity index (χ4n) is 3.38. The van der Waals surface area contributed by atoms with Gasteiger partial charge in [0.25, 0.3) is 5.91 Å². The quantitative estimate of drug-likeness (QED) is 0.634. The standard InChI is InChI=1S/C18H23NO7S/c1-24-15-5-3-4-14(17(15)25-2)18(21)26-10-16(20)19(12-6-7-12)13-8-9-27(22,23)11-13/h3-5,12-13H,6-11H2,1-2H3/t13-/m1/s1. The predicted molar refractivity (Wildman–Crippen MR) is 96.8 cm³/mol. The molecule has 0 radical (unpaired) electrons. The first-order valence-electron chi connectivity index (χ1n) is 8.76. The molecule has 1 aromatic rings. The fraction of sp³-hybridized carbons (Fsp3) is 0.556. The van der Waals surface area contributed by atoms with E-state index in [9.17, 15) is 18.0 Å². The van der Waals surface area contributed by atoms with Gasteiger partial charge in [0.15, 0.2) is 27.9 Å². The molecule has 1 heterocycles. The Morgan fingerprint density at radius 1 is 1.11 bits per heavy atom. The van der Waals surface area contributed by atoms with Gasteiger partial charge >= 0.3 is 5.97 Å². The van der Waals surface area contributed by atoms with Crippen molar-refractivity contribution < 1.29 is 32.2 Å². The highest BCUT2D eigenvalue weighted by Crippen LogP contribution is 2.33. The zero-order valence-electron chi connectivity index (χ0n) is 15.3. The van der Waals surface area contributed by atoms with E-state index in [1.807, 2.05) is 0 Å². The molecule has 9 heteroatoms. The molecule has 1 saturated heterocycles. The molecule has 27 heavy (non-hydrogen) atoms. The molecule has 1 aromatic carbocycles. The second kappa shape index (κ2) is 7.75. The molecular formula is C18H23NO7S. The maximum absolute atomic E-state index is 12.6. The second-order valence-electron chi connectivity index (χ2n) is 6.71. The number of carbonyl (C=O) groups excluding carboxylic acids is 2. The van der Waals surface area contributed by atoms with E-state index in [0.717, 1.165) is 12.8 Å². The molecule has 2 aliphatic rings. The van der Waals surface area contributed by atoms with Crippen molar-refractivity contribution in [2.45, 2.75) is 31.3 Å². The van der Waals surface area contributed by atoms with E-state index in [1.165, 1.54) is 20.3 Å². The molecule has 1 amide bonds. The van der Waals surface area contributed by atoms with Crippen molar-refractivity contribution in [3.63, 3.8) is 0 Å². The summed E-state index contributed by atoms with van der Waals surface area (Å²) in [7, 11) is -0.233. The van der Waals surface area contributed by atoms with Gasteiger partial charge in [-0.3, -0.25) is 4.79 Å². The van der Waals surface area contributed by atoms with Gasteiger partial charge in [0.2, 0.25) is 0 Å². The molecule has 3 rings (SSSR count). The minimum absolute atomic E-state index is 0.0209. The van der Waals surface area contributed by atoms with Crippen molar-refractivity contribution in [2.24, 2.45) is 0 Å². The summed E-state index contributed by atoms with van der Waals surface area (Å²) in [6.07, 6.45) is 2.13. The molecule has 1 aliphatic carbocycles. The van der Waals surface area contributed by atoms with Crippen LogP contribution in [0.3, 0.4) is 0 Å². The molecule has 8 nitrogen and oxygen atoms in total. The number of amides is 1. The van der Waals surface area contributed by atoms with Crippen LogP contribution < -0.4 is 9.47 Å². The third kappa shape index (κ3) is 4.35. The number of sulfone groups is 1. The van der Waals surface area contributed by atoms with Crippen LogP contribution in [-0.2, 0) is 19.4 Å². The first-order valence-corrected chi connectivity index (χ1v) is 10.6. The molecule has 0 aromatic heterocycles. The Labute approximate surface area is 158 Å². The molecule has 148 valence electrons. The normalized spacial score (nSPS) is 20.7. The third-order valence-corrected chi connectivity index (χ3v) is 6.53. The van der Waals surface area contributed by atoms with Crippen molar-refractivity contribution >= 4 is 21.7 Å². The molecular weight excluding hydrogens is 374 g/mol. The summed E-state index contributed by atoms with van der Waals surface area (Å²) < 4.78 is 39.0. The van der Waals surface area contributed by atoms with Crippen molar-refractivity contribution in [1.82, 2.24) is 4.90 Å². The summed E-state index contributed by atoms with van der Waals surface area (Å²) in [6.45, 7) is -0.438. The van der Waals surface area contributed by atoms with Gasteiger partial charge < -0.3 is 19.1 Å². The number of benzene rings is 1. The van der Waals surface area contributed by atoms with Crippen LogP contribution in [0.1, 0.15) is 29.6 Å². The highest BCUT2D eigenvalue weighted by atomic mass is 32.2. The summed E-state index contributed by atoms with van der Waals surface area (Å²) in [4.78, 5) is 26.6. The van der Waals surface area contributed by atoms with E-state index in [4.69, 9.17) is 14.2 Å². The van der Waals surface area contributed by atoms with Gasteiger partial charge in [-0.05, 0) is 31.4 Å². The molecule has 2 fully saturated rings. The average Bonchev–Trinajstić information content (AvgIpc) is 3.41. The lowest BCUT2D eigenvalue weighted by atomic mass is 10.2. The first-order chi connectivity index (χ1) is 12.9. The number of para-hydroxylation sites is 1. The van der Waals surface area contributed by atoms with Gasteiger partial charge in [0.05, 0.1) is 25.7 Å². The van der Waals surface area contributed by atoms with Crippen molar-refractivity contribution in [3.05, 3.63) is 23.8 Å². The van der Waals surface area contributed by atoms with E-state index in [2.05, 4.69) is 0 Å². The lowest BCUT2D eigenvalue weighted by Crippen LogP contribution is -2.44. The second-order valence-corrected chi connectivity index (χ2v) is 8.93. The number of hydrogen-bond acceptors (Lipinski definition) is 7. The van der Waals surface area contributed by atoms with Crippen LogP contribution >= 0.6 is 0 Å². The number of nitrogens with zero attached hydrogens (tertiary/aromatic N) is 1. The Morgan fingerprint density at radius 3 is 2.41 bits per heavy atom. The first kappa shape index (κ1) is 19.5. The van der Waals surface area contributed by atoms with Crippen LogP contribution in [0.2, 0.25) is 0 Å². The van der Waals surface area contributed by atoms with Crippen molar-refractivity contribution in [3.8, 4) is 11.5 Å². The molecule has 1 saturated carbocycles.